The third kappa shape index (κ3) is 4.08. The van der Waals surface area contributed by atoms with Crippen LogP contribution in [0.4, 0.5) is 6.01 Å². The summed E-state index contributed by atoms with van der Waals surface area (Å²) >= 11 is 0. The Kier molecular flexibility index (Phi) is 4.08. The topological polar surface area (TPSA) is 81.4 Å². The Morgan fingerprint density at radius 3 is 3.00 bits per heavy atom. The summed E-state index contributed by atoms with van der Waals surface area (Å²) in [4.78, 5) is 25.6. The summed E-state index contributed by atoms with van der Waals surface area (Å²) in [6.07, 6.45) is 4.79. The number of esters is 1. The maximum atomic E-state index is 11.1. The van der Waals surface area contributed by atoms with Gasteiger partial charge in [0.15, 0.2) is 0 Å². The van der Waals surface area contributed by atoms with E-state index in [9.17, 15) is 9.59 Å². The van der Waals surface area contributed by atoms with E-state index in [4.69, 9.17) is 4.42 Å². The van der Waals surface area contributed by atoms with Gasteiger partial charge in [0.1, 0.15) is 6.26 Å². The van der Waals surface area contributed by atoms with Gasteiger partial charge in [0.2, 0.25) is 0 Å². The maximum absolute atomic E-state index is 11.1. The van der Waals surface area contributed by atoms with Crippen LogP contribution in [0.5, 0.6) is 0 Å². The minimum atomic E-state index is -0.569. The van der Waals surface area contributed by atoms with Crippen molar-refractivity contribution in [2.75, 3.05) is 11.9 Å². The van der Waals surface area contributed by atoms with E-state index in [2.05, 4.69) is 15.0 Å². The molecule has 1 heterocycles. The summed E-state index contributed by atoms with van der Waals surface area (Å²) in [6.45, 7) is 1.95. The van der Waals surface area contributed by atoms with Crippen LogP contribution in [0.3, 0.4) is 0 Å². The summed E-state index contributed by atoms with van der Waals surface area (Å²) in [5.74, 6) is -1.08. The Morgan fingerprint density at radius 2 is 2.40 bits per heavy atom. The highest BCUT2D eigenvalue weighted by molar-refractivity contribution is 6.01. The van der Waals surface area contributed by atoms with Gasteiger partial charge in [-0.1, -0.05) is 0 Å². The van der Waals surface area contributed by atoms with Gasteiger partial charge < -0.3 is 9.15 Å². The molecule has 1 aromatic heterocycles. The van der Waals surface area contributed by atoms with E-state index in [1.807, 2.05) is 0 Å². The molecule has 0 atom stereocenters. The third-order valence-corrected chi connectivity index (χ3v) is 1.32. The number of oxazole rings is 1. The first-order valence-corrected chi connectivity index (χ1v) is 4.27. The van der Waals surface area contributed by atoms with Gasteiger partial charge in [0, 0.05) is 12.2 Å². The van der Waals surface area contributed by atoms with Crippen LogP contribution in [-0.4, -0.2) is 23.5 Å². The van der Waals surface area contributed by atoms with Crippen LogP contribution in [0.15, 0.2) is 29.0 Å². The minimum absolute atomic E-state index is 0.0773. The Balaban J connectivity index is 2.39. The molecule has 0 aromatic carbocycles. The van der Waals surface area contributed by atoms with Crippen molar-refractivity contribution in [3.05, 3.63) is 24.6 Å². The van der Waals surface area contributed by atoms with Gasteiger partial charge in [0.25, 0.3) is 5.91 Å². The SMILES string of the molecule is CCOC(=O)/C=C/C(=O)Nc1ncco1. The molecular formula is C9H10N2O4. The van der Waals surface area contributed by atoms with Crippen LogP contribution in [0.2, 0.25) is 0 Å². The zero-order valence-corrected chi connectivity index (χ0v) is 8.10. The fourth-order valence-corrected chi connectivity index (χ4v) is 0.766. The number of hydrogen-bond acceptors (Lipinski definition) is 5. The van der Waals surface area contributed by atoms with E-state index in [1.165, 1.54) is 12.5 Å². The molecular weight excluding hydrogens is 200 g/mol. The zero-order chi connectivity index (χ0) is 11.1. The molecule has 6 nitrogen and oxygen atoms in total. The smallest absolute Gasteiger partial charge is 0.330 e. The normalized spacial score (nSPS) is 10.2. The third-order valence-electron chi connectivity index (χ3n) is 1.32. The summed E-state index contributed by atoms with van der Waals surface area (Å²) in [7, 11) is 0. The van der Waals surface area contributed by atoms with Gasteiger partial charge in [-0.25, -0.2) is 9.78 Å². The molecule has 0 bridgehead atoms. The first kappa shape index (κ1) is 11.0. The molecule has 0 aliphatic rings. The highest BCUT2D eigenvalue weighted by Gasteiger charge is 2.02. The van der Waals surface area contributed by atoms with Crippen molar-refractivity contribution in [3.8, 4) is 0 Å². The van der Waals surface area contributed by atoms with Crippen LogP contribution in [-0.2, 0) is 14.3 Å². The molecule has 6 heteroatoms. The van der Waals surface area contributed by atoms with Crippen LogP contribution >= 0.6 is 0 Å². The van der Waals surface area contributed by atoms with Crippen LogP contribution < -0.4 is 5.32 Å². The number of anilines is 1. The molecule has 0 aliphatic heterocycles. The Bertz CT molecular complexity index is 356. The number of ether oxygens (including phenoxy) is 1. The van der Waals surface area contributed by atoms with Crippen molar-refractivity contribution in [3.63, 3.8) is 0 Å². The van der Waals surface area contributed by atoms with Crippen LogP contribution in [0.1, 0.15) is 6.92 Å². The van der Waals surface area contributed by atoms with Crippen molar-refractivity contribution in [1.29, 1.82) is 0 Å². The number of nitrogens with one attached hydrogen (secondary N) is 1. The largest absolute Gasteiger partial charge is 0.463 e. The second kappa shape index (κ2) is 5.58. The van der Waals surface area contributed by atoms with Crippen molar-refractivity contribution < 1.29 is 18.7 Å². The van der Waals surface area contributed by atoms with Crippen molar-refractivity contribution >= 4 is 17.9 Å². The fourth-order valence-electron chi connectivity index (χ4n) is 0.766. The van der Waals surface area contributed by atoms with E-state index < -0.39 is 11.9 Å². The van der Waals surface area contributed by atoms with Crippen molar-refractivity contribution in [1.82, 2.24) is 4.98 Å². The first-order chi connectivity index (χ1) is 7.22. The molecule has 80 valence electrons. The molecule has 0 aliphatic carbocycles. The molecule has 0 saturated heterocycles. The van der Waals surface area contributed by atoms with E-state index in [1.54, 1.807) is 6.92 Å². The van der Waals surface area contributed by atoms with Crippen LogP contribution in [0, 0.1) is 0 Å². The molecule has 0 unspecified atom stereocenters. The van der Waals surface area contributed by atoms with E-state index in [0.29, 0.717) is 0 Å². The highest BCUT2D eigenvalue weighted by Crippen LogP contribution is 2.00. The molecule has 1 aromatic rings. The Hall–Kier alpha value is -2.11. The van der Waals surface area contributed by atoms with Gasteiger partial charge in [-0.15, -0.1) is 0 Å². The van der Waals surface area contributed by atoms with E-state index in [-0.39, 0.29) is 12.6 Å². The number of carbonyl (C=O) groups excluding carboxylic acids is 2. The highest BCUT2D eigenvalue weighted by atomic mass is 16.5. The van der Waals surface area contributed by atoms with E-state index >= 15 is 0 Å². The molecule has 0 saturated carbocycles. The summed E-state index contributed by atoms with van der Waals surface area (Å²) in [6, 6.07) is 0.0773. The number of nitrogens with zero attached hydrogens (tertiary/aromatic N) is 1. The minimum Gasteiger partial charge on any atom is -0.463 e. The van der Waals surface area contributed by atoms with Gasteiger partial charge in [-0.3, -0.25) is 10.1 Å². The number of aromatic nitrogens is 1. The van der Waals surface area contributed by atoms with Gasteiger partial charge in [0.05, 0.1) is 12.8 Å². The first-order valence-electron chi connectivity index (χ1n) is 4.27. The van der Waals surface area contributed by atoms with E-state index in [0.717, 1.165) is 12.2 Å². The lowest BCUT2D eigenvalue weighted by Gasteiger charge is -1.95. The number of amides is 1. The predicted octanol–water partition coefficient (Wildman–Crippen LogP) is 0.732. The maximum Gasteiger partial charge on any atom is 0.330 e. The zero-order valence-electron chi connectivity index (χ0n) is 8.10. The Labute approximate surface area is 85.9 Å². The second-order valence-electron chi connectivity index (χ2n) is 2.41. The molecule has 0 fully saturated rings. The van der Waals surface area contributed by atoms with Gasteiger partial charge in [-0.2, -0.15) is 0 Å². The molecule has 1 N–H and O–H groups in total. The average molecular weight is 210 g/mol. The Morgan fingerprint density at radius 1 is 1.60 bits per heavy atom. The molecule has 0 radical (unpaired) electrons. The number of hydrogen-bond donors (Lipinski definition) is 1. The quantitative estimate of drug-likeness (QED) is 0.585. The van der Waals surface area contributed by atoms with Gasteiger partial charge in [-0.05, 0) is 6.92 Å². The summed E-state index contributed by atoms with van der Waals surface area (Å²) in [5, 5.41) is 2.31. The molecule has 1 rings (SSSR count). The molecule has 1 amide bonds. The lowest BCUT2D eigenvalue weighted by molar-refractivity contribution is -0.137. The fraction of sp³-hybridized carbons (Fsp3) is 0.222. The van der Waals surface area contributed by atoms with Crippen molar-refractivity contribution in [2.45, 2.75) is 6.92 Å². The predicted molar refractivity (Wildman–Crippen MR) is 50.9 cm³/mol. The standard InChI is InChI=1S/C9H10N2O4/c1-2-14-8(13)4-3-7(12)11-9-10-5-6-15-9/h3-6H,2H2,1H3,(H,10,11,12)/b4-3+. The lowest BCUT2D eigenvalue weighted by Crippen LogP contribution is -2.09. The monoisotopic (exact) mass is 210 g/mol. The molecule has 0 spiro atoms. The second-order valence-corrected chi connectivity index (χ2v) is 2.41. The van der Waals surface area contributed by atoms with Crippen LogP contribution in [0.25, 0.3) is 0 Å². The number of carbonyl (C=O) groups is 2. The lowest BCUT2D eigenvalue weighted by atomic mass is 10.5. The summed E-state index contributed by atoms with van der Waals surface area (Å²) < 4.78 is 9.35. The average Bonchev–Trinajstić information content (AvgIpc) is 2.68. The molecule has 15 heavy (non-hydrogen) atoms. The van der Waals surface area contributed by atoms with Crippen molar-refractivity contribution in [2.24, 2.45) is 0 Å². The number of rotatable bonds is 4. The van der Waals surface area contributed by atoms with Gasteiger partial charge >= 0.3 is 12.0 Å². The summed E-state index contributed by atoms with van der Waals surface area (Å²) in [5.41, 5.74) is 0.